The molecule has 3 rings (SSSR count). The Bertz CT molecular complexity index is 560. The first-order valence-corrected chi connectivity index (χ1v) is 7.01. The molecule has 0 aliphatic carbocycles. The summed E-state index contributed by atoms with van der Waals surface area (Å²) >= 11 is 0. The second-order valence-electron chi connectivity index (χ2n) is 5.00. The fourth-order valence-corrected chi connectivity index (χ4v) is 2.55. The van der Waals surface area contributed by atoms with E-state index >= 15 is 0 Å². The SMILES string of the molecule is NNc1nc(NCCCN2CCCC2)c2cn[nH]c2n1. The number of nitrogens with zero attached hydrogens (tertiary/aromatic N) is 4. The van der Waals surface area contributed by atoms with Crippen LogP contribution >= 0.6 is 0 Å². The number of rotatable bonds is 6. The smallest absolute Gasteiger partial charge is 0.241 e. The Morgan fingerprint density at radius 3 is 2.95 bits per heavy atom. The second-order valence-corrected chi connectivity index (χ2v) is 5.00. The number of aromatic amines is 1. The first-order chi connectivity index (χ1) is 9.86. The van der Waals surface area contributed by atoms with Gasteiger partial charge in [-0.1, -0.05) is 0 Å². The number of likely N-dealkylation sites (tertiary alicyclic amines) is 1. The molecule has 1 fully saturated rings. The maximum absolute atomic E-state index is 5.37. The third kappa shape index (κ3) is 2.81. The van der Waals surface area contributed by atoms with Gasteiger partial charge in [-0.05, 0) is 38.9 Å². The molecule has 0 aromatic carbocycles. The summed E-state index contributed by atoms with van der Waals surface area (Å²) in [6, 6.07) is 0. The molecule has 0 saturated carbocycles. The molecule has 8 nitrogen and oxygen atoms in total. The molecular weight excluding hydrogens is 256 g/mol. The Kier molecular flexibility index (Phi) is 3.93. The van der Waals surface area contributed by atoms with Gasteiger partial charge in [0, 0.05) is 6.54 Å². The van der Waals surface area contributed by atoms with Crippen LogP contribution in [0, 0.1) is 0 Å². The van der Waals surface area contributed by atoms with Crippen LogP contribution in [0.3, 0.4) is 0 Å². The Morgan fingerprint density at radius 2 is 2.15 bits per heavy atom. The van der Waals surface area contributed by atoms with Crippen LogP contribution in [-0.2, 0) is 0 Å². The largest absolute Gasteiger partial charge is 0.369 e. The normalized spacial score (nSPS) is 15.8. The molecule has 108 valence electrons. The van der Waals surface area contributed by atoms with Crippen molar-refractivity contribution in [2.45, 2.75) is 19.3 Å². The van der Waals surface area contributed by atoms with Crippen LogP contribution in [-0.4, -0.2) is 51.2 Å². The Morgan fingerprint density at radius 1 is 1.30 bits per heavy atom. The number of nitrogens with one attached hydrogen (secondary N) is 3. The van der Waals surface area contributed by atoms with Gasteiger partial charge < -0.3 is 10.2 Å². The number of nitrogens with two attached hydrogens (primary N) is 1. The van der Waals surface area contributed by atoms with E-state index < -0.39 is 0 Å². The van der Waals surface area contributed by atoms with Crippen LogP contribution < -0.4 is 16.6 Å². The summed E-state index contributed by atoms with van der Waals surface area (Å²) in [5.41, 5.74) is 3.14. The van der Waals surface area contributed by atoms with Crippen molar-refractivity contribution in [3.63, 3.8) is 0 Å². The monoisotopic (exact) mass is 276 g/mol. The van der Waals surface area contributed by atoms with E-state index in [4.69, 9.17) is 5.84 Å². The minimum atomic E-state index is 0.379. The second kappa shape index (κ2) is 6.02. The highest BCUT2D eigenvalue weighted by Crippen LogP contribution is 2.19. The number of H-pyrrole nitrogens is 1. The lowest BCUT2D eigenvalue weighted by Gasteiger charge is -2.14. The van der Waals surface area contributed by atoms with E-state index in [0.717, 1.165) is 30.7 Å². The topological polar surface area (TPSA) is 108 Å². The molecule has 0 radical (unpaired) electrons. The zero-order chi connectivity index (χ0) is 13.8. The molecule has 0 amide bonds. The summed E-state index contributed by atoms with van der Waals surface area (Å²) in [7, 11) is 0. The fourth-order valence-electron chi connectivity index (χ4n) is 2.55. The molecule has 1 saturated heterocycles. The summed E-state index contributed by atoms with van der Waals surface area (Å²) in [6.45, 7) is 4.48. The maximum atomic E-state index is 5.37. The van der Waals surface area contributed by atoms with Crippen molar-refractivity contribution in [3.8, 4) is 0 Å². The molecule has 5 N–H and O–H groups in total. The van der Waals surface area contributed by atoms with Crippen molar-refractivity contribution in [2.75, 3.05) is 36.9 Å². The first kappa shape index (κ1) is 13.1. The van der Waals surface area contributed by atoms with Crippen molar-refractivity contribution in [1.82, 2.24) is 25.1 Å². The number of nitrogen functional groups attached to an aromatic ring is 1. The molecule has 0 unspecified atom stereocenters. The molecule has 0 spiro atoms. The molecule has 0 atom stereocenters. The molecule has 1 aliphatic heterocycles. The van der Waals surface area contributed by atoms with Gasteiger partial charge in [0.2, 0.25) is 5.95 Å². The van der Waals surface area contributed by atoms with Gasteiger partial charge in [-0.2, -0.15) is 15.1 Å². The van der Waals surface area contributed by atoms with Gasteiger partial charge >= 0.3 is 0 Å². The van der Waals surface area contributed by atoms with Gasteiger partial charge in [-0.15, -0.1) is 0 Å². The lowest BCUT2D eigenvalue weighted by Crippen LogP contribution is -2.22. The fraction of sp³-hybridized carbons (Fsp3) is 0.583. The molecule has 3 heterocycles. The highest BCUT2D eigenvalue weighted by Gasteiger charge is 2.11. The molecule has 8 heteroatoms. The number of fused-ring (bicyclic) bond motifs is 1. The molecule has 2 aromatic heterocycles. The van der Waals surface area contributed by atoms with Crippen molar-refractivity contribution < 1.29 is 0 Å². The van der Waals surface area contributed by atoms with Crippen LogP contribution in [0.1, 0.15) is 19.3 Å². The van der Waals surface area contributed by atoms with E-state index in [1.807, 2.05) is 0 Å². The van der Waals surface area contributed by atoms with Crippen molar-refractivity contribution in [2.24, 2.45) is 5.84 Å². The van der Waals surface area contributed by atoms with E-state index in [0.29, 0.717) is 11.6 Å². The summed E-state index contributed by atoms with van der Waals surface area (Å²) in [4.78, 5) is 11.0. The van der Waals surface area contributed by atoms with E-state index in [1.165, 1.54) is 25.9 Å². The first-order valence-electron chi connectivity index (χ1n) is 7.01. The number of hydrazine groups is 1. The highest BCUT2D eigenvalue weighted by molar-refractivity contribution is 5.86. The maximum Gasteiger partial charge on any atom is 0.241 e. The number of aromatic nitrogens is 4. The third-order valence-electron chi connectivity index (χ3n) is 3.58. The van der Waals surface area contributed by atoms with Crippen molar-refractivity contribution in [1.29, 1.82) is 0 Å². The van der Waals surface area contributed by atoms with Gasteiger partial charge in [0.05, 0.1) is 11.6 Å². The number of hydrogen-bond acceptors (Lipinski definition) is 7. The molecule has 1 aliphatic rings. The van der Waals surface area contributed by atoms with Crippen LogP contribution in [0.25, 0.3) is 11.0 Å². The predicted molar refractivity (Wildman–Crippen MR) is 78.3 cm³/mol. The Labute approximate surface area is 117 Å². The summed E-state index contributed by atoms with van der Waals surface area (Å²) < 4.78 is 0. The average Bonchev–Trinajstić information content (AvgIpc) is 3.13. The zero-order valence-corrected chi connectivity index (χ0v) is 11.4. The van der Waals surface area contributed by atoms with E-state index in [9.17, 15) is 0 Å². The number of anilines is 2. The van der Waals surface area contributed by atoms with Crippen LogP contribution in [0.2, 0.25) is 0 Å². The van der Waals surface area contributed by atoms with E-state index in [1.54, 1.807) is 6.20 Å². The summed E-state index contributed by atoms with van der Waals surface area (Å²) in [5.74, 6) is 6.51. The van der Waals surface area contributed by atoms with E-state index in [2.05, 4.69) is 35.8 Å². The van der Waals surface area contributed by atoms with Gasteiger partial charge in [-0.3, -0.25) is 10.5 Å². The van der Waals surface area contributed by atoms with Gasteiger partial charge in [-0.25, -0.2) is 5.84 Å². The predicted octanol–water partition coefficient (Wildman–Crippen LogP) is 0.536. The Balaban J connectivity index is 1.59. The van der Waals surface area contributed by atoms with Crippen molar-refractivity contribution in [3.05, 3.63) is 6.20 Å². The summed E-state index contributed by atoms with van der Waals surface area (Å²) in [6.07, 6.45) is 5.48. The Hall–Kier alpha value is -1.93. The highest BCUT2D eigenvalue weighted by atomic mass is 15.3. The van der Waals surface area contributed by atoms with Crippen molar-refractivity contribution >= 4 is 22.8 Å². The van der Waals surface area contributed by atoms with Crippen LogP contribution in [0.5, 0.6) is 0 Å². The quantitative estimate of drug-likeness (QED) is 0.346. The lowest BCUT2D eigenvalue weighted by molar-refractivity contribution is 0.337. The van der Waals surface area contributed by atoms with Gasteiger partial charge in [0.1, 0.15) is 5.82 Å². The van der Waals surface area contributed by atoms with Gasteiger partial charge in [0.15, 0.2) is 5.65 Å². The minimum absolute atomic E-state index is 0.379. The summed E-state index contributed by atoms with van der Waals surface area (Å²) in [5, 5.41) is 11.0. The minimum Gasteiger partial charge on any atom is -0.369 e. The lowest BCUT2D eigenvalue weighted by atomic mass is 10.3. The standard InChI is InChI=1S/C12H20N8/c13-18-12-16-10(9-8-15-19-11(9)17-12)14-4-3-7-20-5-1-2-6-20/h8H,1-7,13H2,(H3,14,15,16,17,18,19). The average molecular weight is 276 g/mol. The van der Waals surface area contributed by atoms with Gasteiger partial charge in [0.25, 0.3) is 0 Å². The van der Waals surface area contributed by atoms with Crippen LogP contribution in [0.15, 0.2) is 6.20 Å². The van der Waals surface area contributed by atoms with Crippen LogP contribution in [0.4, 0.5) is 11.8 Å². The molecule has 0 bridgehead atoms. The third-order valence-corrected chi connectivity index (χ3v) is 3.58. The molecule has 2 aromatic rings. The molecular formula is C12H20N8. The molecule has 20 heavy (non-hydrogen) atoms. The van der Waals surface area contributed by atoms with E-state index in [-0.39, 0.29) is 0 Å². The number of hydrogen-bond donors (Lipinski definition) is 4. The zero-order valence-electron chi connectivity index (χ0n) is 11.4.